The summed E-state index contributed by atoms with van der Waals surface area (Å²) in [5.41, 5.74) is 1.80. The summed E-state index contributed by atoms with van der Waals surface area (Å²) >= 11 is 4.89. The smallest absolute Gasteiger partial charge is 0.266 e. The molecular formula is C12H10N4O2S. The second-order valence-corrected chi connectivity index (χ2v) is 4.43. The van der Waals surface area contributed by atoms with Crippen LogP contribution in [0, 0.1) is 4.84 Å². The number of nitrogens with one attached hydrogen (secondary N) is 2. The number of fused-ring (bicyclic) bond motifs is 1. The molecule has 3 rings (SSSR count). The maximum atomic E-state index is 12.0. The van der Waals surface area contributed by atoms with Crippen molar-refractivity contribution in [1.82, 2.24) is 14.8 Å². The van der Waals surface area contributed by atoms with Crippen LogP contribution >= 0.6 is 12.2 Å². The van der Waals surface area contributed by atoms with Crippen molar-refractivity contribution in [3.05, 3.63) is 40.9 Å². The van der Waals surface area contributed by atoms with Gasteiger partial charge in [0.25, 0.3) is 10.7 Å². The highest BCUT2D eigenvalue weighted by Gasteiger charge is 2.09. The molecule has 96 valence electrons. The lowest BCUT2D eigenvalue weighted by Gasteiger charge is -2.01. The number of benzene rings is 1. The largest absolute Gasteiger partial charge is 0.429 e. The van der Waals surface area contributed by atoms with E-state index in [9.17, 15) is 4.79 Å². The Morgan fingerprint density at radius 3 is 3.05 bits per heavy atom. The zero-order chi connectivity index (χ0) is 13.4. The van der Waals surface area contributed by atoms with Gasteiger partial charge >= 0.3 is 0 Å². The van der Waals surface area contributed by atoms with Crippen molar-refractivity contribution < 1.29 is 9.21 Å². The third-order valence-corrected chi connectivity index (χ3v) is 2.82. The van der Waals surface area contributed by atoms with E-state index in [1.54, 1.807) is 42.2 Å². The first-order valence-electron chi connectivity index (χ1n) is 5.56. The minimum Gasteiger partial charge on any atom is -0.429 e. The lowest BCUT2D eigenvalue weighted by atomic mass is 10.2. The van der Waals surface area contributed by atoms with Crippen LogP contribution in [0.3, 0.4) is 0 Å². The molecule has 1 amide bonds. The van der Waals surface area contributed by atoms with Gasteiger partial charge in [0.2, 0.25) is 0 Å². The van der Waals surface area contributed by atoms with Crippen LogP contribution in [0.4, 0.5) is 5.82 Å². The van der Waals surface area contributed by atoms with Gasteiger partial charge in [-0.15, -0.1) is 0 Å². The number of carbonyl (C=O) groups is 1. The molecule has 0 fully saturated rings. The normalized spacial score (nSPS) is 10.8. The van der Waals surface area contributed by atoms with Crippen LogP contribution in [-0.4, -0.2) is 20.7 Å². The number of carbonyl (C=O) groups excluding carboxylic acids is 1. The van der Waals surface area contributed by atoms with Gasteiger partial charge in [-0.25, -0.2) is 0 Å². The Labute approximate surface area is 113 Å². The lowest BCUT2D eigenvalue weighted by molar-refractivity contribution is 0.102. The second-order valence-electron chi connectivity index (χ2n) is 4.05. The highest BCUT2D eigenvalue weighted by atomic mass is 32.1. The fourth-order valence-corrected chi connectivity index (χ4v) is 1.96. The summed E-state index contributed by atoms with van der Waals surface area (Å²) in [6.07, 6.45) is 1.75. The zero-order valence-corrected chi connectivity index (χ0v) is 10.8. The average molecular weight is 274 g/mol. The summed E-state index contributed by atoms with van der Waals surface area (Å²) in [6.45, 7) is 0. The summed E-state index contributed by atoms with van der Waals surface area (Å²) in [5, 5.41) is 6.78. The minimum atomic E-state index is -0.247. The van der Waals surface area contributed by atoms with Gasteiger partial charge in [-0.05, 0) is 30.4 Å². The molecule has 2 heterocycles. The van der Waals surface area contributed by atoms with E-state index >= 15 is 0 Å². The first-order valence-corrected chi connectivity index (χ1v) is 5.96. The quantitative estimate of drug-likeness (QED) is 0.704. The Hall–Kier alpha value is -2.41. The van der Waals surface area contributed by atoms with Crippen LogP contribution in [0.25, 0.3) is 11.1 Å². The van der Waals surface area contributed by atoms with Crippen molar-refractivity contribution >= 4 is 35.0 Å². The molecule has 0 unspecified atom stereocenters. The van der Waals surface area contributed by atoms with Gasteiger partial charge in [-0.3, -0.25) is 9.48 Å². The molecule has 3 aromatic rings. The number of hydrogen-bond acceptors (Lipinski definition) is 4. The van der Waals surface area contributed by atoms with Crippen LogP contribution in [0.2, 0.25) is 0 Å². The van der Waals surface area contributed by atoms with Gasteiger partial charge < -0.3 is 14.7 Å². The highest BCUT2D eigenvalue weighted by Crippen LogP contribution is 2.16. The first kappa shape index (κ1) is 11.7. The molecule has 0 saturated carbocycles. The van der Waals surface area contributed by atoms with Crippen molar-refractivity contribution in [3.8, 4) is 0 Å². The molecule has 6 nitrogen and oxygen atoms in total. The van der Waals surface area contributed by atoms with E-state index in [1.807, 2.05) is 0 Å². The zero-order valence-electron chi connectivity index (χ0n) is 10.0. The third-order valence-electron chi connectivity index (χ3n) is 2.64. The number of nitrogens with zero attached hydrogens (tertiary/aromatic N) is 2. The lowest BCUT2D eigenvalue weighted by Crippen LogP contribution is -2.12. The van der Waals surface area contributed by atoms with Crippen LogP contribution in [-0.2, 0) is 7.05 Å². The van der Waals surface area contributed by atoms with Gasteiger partial charge in [0, 0.05) is 24.9 Å². The monoisotopic (exact) mass is 274 g/mol. The Balaban J connectivity index is 1.90. The minimum absolute atomic E-state index is 0.247. The number of aromatic nitrogens is 3. The van der Waals surface area contributed by atoms with Crippen molar-refractivity contribution in [2.45, 2.75) is 0 Å². The molecule has 0 saturated heterocycles. The van der Waals surface area contributed by atoms with Crippen molar-refractivity contribution in [2.24, 2.45) is 7.05 Å². The Bertz CT molecular complexity index is 814. The molecule has 0 spiro atoms. The number of anilines is 1. The predicted octanol–water partition coefficient (Wildman–Crippen LogP) is 2.48. The SMILES string of the molecule is Cn1ccc(NC(=O)c2ccc3[nH]c(=S)oc3c2)n1. The Kier molecular flexibility index (Phi) is 2.68. The summed E-state index contributed by atoms with van der Waals surface area (Å²) in [5.74, 6) is 0.255. The molecule has 0 radical (unpaired) electrons. The molecule has 2 N–H and O–H groups in total. The average Bonchev–Trinajstić information content (AvgIpc) is 2.93. The van der Waals surface area contributed by atoms with Gasteiger partial charge in [-0.2, -0.15) is 5.10 Å². The summed E-state index contributed by atoms with van der Waals surface area (Å²) in [6, 6.07) is 6.81. The maximum absolute atomic E-state index is 12.0. The van der Waals surface area contributed by atoms with E-state index in [1.165, 1.54) is 0 Å². The summed E-state index contributed by atoms with van der Waals surface area (Å²) in [4.78, 5) is 15.2. The van der Waals surface area contributed by atoms with Crippen molar-refractivity contribution in [3.63, 3.8) is 0 Å². The van der Waals surface area contributed by atoms with Crippen LogP contribution in [0.5, 0.6) is 0 Å². The third kappa shape index (κ3) is 2.27. The van der Waals surface area contributed by atoms with Crippen LogP contribution in [0.15, 0.2) is 34.9 Å². The fraction of sp³-hybridized carbons (Fsp3) is 0.0833. The molecule has 0 aliphatic rings. The molecule has 0 bridgehead atoms. The van der Waals surface area contributed by atoms with E-state index in [0.29, 0.717) is 17.0 Å². The number of amides is 1. The fourth-order valence-electron chi connectivity index (χ4n) is 1.76. The van der Waals surface area contributed by atoms with Crippen molar-refractivity contribution in [1.29, 1.82) is 0 Å². The van der Waals surface area contributed by atoms with E-state index in [4.69, 9.17) is 16.6 Å². The van der Waals surface area contributed by atoms with E-state index in [0.717, 1.165) is 5.52 Å². The molecule has 19 heavy (non-hydrogen) atoms. The molecular weight excluding hydrogens is 264 g/mol. The predicted molar refractivity (Wildman–Crippen MR) is 72.6 cm³/mol. The molecule has 0 aliphatic carbocycles. The van der Waals surface area contributed by atoms with E-state index in [-0.39, 0.29) is 10.7 Å². The Morgan fingerprint density at radius 2 is 2.32 bits per heavy atom. The number of H-pyrrole nitrogens is 1. The van der Waals surface area contributed by atoms with Gasteiger partial charge in [-0.1, -0.05) is 0 Å². The van der Waals surface area contributed by atoms with Gasteiger partial charge in [0.05, 0.1) is 5.52 Å². The van der Waals surface area contributed by atoms with Crippen molar-refractivity contribution in [2.75, 3.05) is 5.32 Å². The molecule has 0 aliphatic heterocycles. The topological polar surface area (TPSA) is 75.8 Å². The number of rotatable bonds is 2. The van der Waals surface area contributed by atoms with Crippen LogP contribution < -0.4 is 5.32 Å². The number of hydrogen-bond donors (Lipinski definition) is 2. The highest BCUT2D eigenvalue weighted by molar-refractivity contribution is 7.71. The molecule has 0 atom stereocenters. The van der Waals surface area contributed by atoms with E-state index in [2.05, 4.69) is 15.4 Å². The molecule has 1 aromatic carbocycles. The van der Waals surface area contributed by atoms with Gasteiger partial charge in [0.1, 0.15) is 0 Å². The molecule has 7 heteroatoms. The first-order chi connectivity index (χ1) is 9.11. The van der Waals surface area contributed by atoms with Gasteiger partial charge in [0.15, 0.2) is 11.4 Å². The number of oxazole rings is 1. The number of aryl methyl sites for hydroxylation is 1. The second kappa shape index (κ2) is 4.36. The Morgan fingerprint density at radius 1 is 1.47 bits per heavy atom. The maximum Gasteiger partial charge on any atom is 0.266 e. The standard InChI is InChI=1S/C12H10N4O2S/c1-16-5-4-10(15-16)14-11(17)7-2-3-8-9(6-7)18-12(19)13-8/h2-6H,1H3,(H,13,19)(H,14,15,17). The van der Waals surface area contributed by atoms with Crippen LogP contribution in [0.1, 0.15) is 10.4 Å². The van der Waals surface area contributed by atoms with E-state index < -0.39 is 0 Å². The molecule has 2 aromatic heterocycles. The number of aromatic amines is 1. The summed E-state index contributed by atoms with van der Waals surface area (Å²) < 4.78 is 6.89. The summed E-state index contributed by atoms with van der Waals surface area (Å²) in [7, 11) is 1.78.